The number of aryl methyl sites for hydroxylation is 2. The van der Waals surface area contributed by atoms with Gasteiger partial charge >= 0.3 is 0 Å². The van der Waals surface area contributed by atoms with Crippen LogP contribution in [-0.4, -0.2) is 26.5 Å². The summed E-state index contributed by atoms with van der Waals surface area (Å²) < 4.78 is 32.6. The van der Waals surface area contributed by atoms with Crippen molar-refractivity contribution in [3.63, 3.8) is 0 Å². The molecule has 0 amide bonds. The molecular formula is C16H17ClN2O5S. The van der Waals surface area contributed by atoms with Gasteiger partial charge in [-0.1, -0.05) is 17.7 Å². The van der Waals surface area contributed by atoms with E-state index in [9.17, 15) is 18.5 Å². The molecule has 0 fully saturated rings. The number of nitro groups is 1. The lowest BCUT2D eigenvalue weighted by molar-refractivity contribution is -0.385. The maximum absolute atomic E-state index is 12.3. The zero-order valence-electron chi connectivity index (χ0n) is 13.7. The second kappa shape index (κ2) is 7.81. The summed E-state index contributed by atoms with van der Waals surface area (Å²) in [6.45, 7) is 3.53. The third kappa shape index (κ3) is 4.91. The minimum absolute atomic E-state index is 0.0204. The van der Waals surface area contributed by atoms with Gasteiger partial charge in [0.1, 0.15) is 12.4 Å². The van der Waals surface area contributed by atoms with Crippen LogP contribution in [0, 0.1) is 24.0 Å². The first kappa shape index (κ1) is 19.2. The fourth-order valence-electron chi connectivity index (χ4n) is 2.18. The summed E-state index contributed by atoms with van der Waals surface area (Å²) >= 11 is 5.86. The Labute approximate surface area is 150 Å². The number of nitrogens with zero attached hydrogens (tertiary/aromatic N) is 1. The molecule has 2 rings (SSSR count). The monoisotopic (exact) mass is 384 g/mol. The first-order valence-electron chi connectivity index (χ1n) is 7.34. The van der Waals surface area contributed by atoms with Crippen LogP contribution in [0.4, 0.5) is 5.69 Å². The molecule has 7 nitrogen and oxygen atoms in total. The quantitative estimate of drug-likeness (QED) is 0.449. The van der Waals surface area contributed by atoms with Crippen molar-refractivity contribution >= 4 is 27.3 Å². The normalized spacial score (nSPS) is 11.3. The van der Waals surface area contributed by atoms with Crippen LogP contribution >= 0.6 is 11.6 Å². The number of benzene rings is 2. The van der Waals surface area contributed by atoms with Gasteiger partial charge < -0.3 is 4.74 Å². The average Bonchev–Trinajstić information content (AvgIpc) is 2.53. The summed E-state index contributed by atoms with van der Waals surface area (Å²) in [6, 6.07) is 8.84. The highest BCUT2D eigenvalue weighted by atomic mass is 35.5. The van der Waals surface area contributed by atoms with Crippen molar-refractivity contribution in [3.8, 4) is 5.75 Å². The van der Waals surface area contributed by atoms with Crippen LogP contribution in [0.2, 0.25) is 5.02 Å². The summed E-state index contributed by atoms with van der Waals surface area (Å²) in [6.07, 6.45) is 0. The van der Waals surface area contributed by atoms with E-state index in [-0.39, 0.29) is 23.7 Å². The second-order valence-corrected chi connectivity index (χ2v) is 7.53. The van der Waals surface area contributed by atoms with Gasteiger partial charge in [0.25, 0.3) is 5.69 Å². The highest BCUT2D eigenvalue weighted by Crippen LogP contribution is 2.22. The average molecular weight is 385 g/mol. The number of nitrogens with one attached hydrogen (secondary N) is 1. The highest BCUT2D eigenvalue weighted by molar-refractivity contribution is 7.89. The van der Waals surface area contributed by atoms with Crippen LogP contribution < -0.4 is 9.46 Å². The van der Waals surface area contributed by atoms with E-state index in [1.54, 1.807) is 25.1 Å². The van der Waals surface area contributed by atoms with Crippen LogP contribution in [0.1, 0.15) is 11.1 Å². The molecule has 9 heteroatoms. The standard InChI is InChI=1S/C16H17ClN2O5S/c1-11-3-5-14(19(20)21)10-16(11)25(22,23)18-7-8-24-15-6-4-13(17)9-12(15)2/h3-6,9-10,18H,7-8H2,1-2H3. The van der Waals surface area contributed by atoms with Gasteiger partial charge in [0.15, 0.2) is 0 Å². The largest absolute Gasteiger partial charge is 0.492 e. The molecule has 1 N–H and O–H groups in total. The van der Waals surface area contributed by atoms with E-state index in [0.717, 1.165) is 11.6 Å². The molecule has 0 saturated heterocycles. The minimum atomic E-state index is -3.87. The summed E-state index contributed by atoms with van der Waals surface area (Å²) in [5.41, 5.74) is 0.983. The van der Waals surface area contributed by atoms with Gasteiger partial charge in [-0.25, -0.2) is 13.1 Å². The SMILES string of the molecule is Cc1cc(Cl)ccc1OCCNS(=O)(=O)c1cc([N+](=O)[O-])ccc1C. The van der Waals surface area contributed by atoms with E-state index in [1.807, 2.05) is 6.92 Å². The Hall–Kier alpha value is -2.16. The zero-order valence-corrected chi connectivity index (χ0v) is 15.2. The molecule has 134 valence electrons. The van der Waals surface area contributed by atoms with E-state index < -0.39 is 14.9 Å². The summed E-state index contributed by atoms with van der Waals surface area (Å²) in [7, 11) is -3.87. The number of hydrogen-bond donors (Lipinski definition) is 1. The predicted molar refractivity (Wildman–Crippen MR) is 94.7 cm³/mol. The molecule has 0 spiro atoms. The fraction of sp³-hybridized carbons (Fsp3) is 0.250. The molecule has 0 aliphatic heterocycles. The van der Waals surface area contributed by atoms with Gasteiger partial charge in [-0.15, -0.1) is 0 Å². The third-order valence-electron chi connectivity index (χ3n) is 3.46. The van der Waals surface area contributed by atoms with Crippen molar-refractivity contribution in [1.29, 1.82) is 0 Å². The van der Waals surface area contributed by atoms with Crippen molar-refractivity contribution in [3.05, 3.63) is 62.7 Å². The number of sulfonamides is 1. The predicted octanol–water partition coefficient (Wildman–Crippen LogP) is 3.22. The van der Waals surface area contributed by atoms with Gasteiger partial charge in [0.2, 0.25) is 10.0 Å². The maximum Gasteiger partial charge on any atom is 0.270 e. The smallest absolute Gasteiger partial charge is 0.270 e. The van der Waals surface area contributed by atoms with E-state index in [0.29, 0.717) is 16.3 Å². The number of hydrogen-bond acceptors (Lipinski definition) is 5. The van der Waals surface area contributed by atoms with Gasteiger partial charge in [-0.3, -0.25) is 10.1 Å². The highest BCUT2D eigenvalue weighted by Gasteiger charge is 2.20. The molecule has 0 heterocycles. The van der Waals surface area contributed by atoms with Crippen LogP contribution in [0.15, 0.2) is 41.3 Å². The van der Waals surface area contributed by atoms with Crippen LogP contribution in [0.3, 0.4) is 0 Å². The number of non-ortho nitro benzene ring substituents is 1. The lowest BCUT2D eigenvalue weighted by Gasteiger charge is -2.11. The van der Waals surface area contributed by atoms with E-state index >= 15 is 0 Å². The Bertz CT molecular complexity index is 899. The van der Waals surface area contributed by atoms with E-state index in [2.05, 4.69) is 4.72 Å². The van der Waals surface area contributed by atoms with Crippen molar-refractivity contribution < 1.29 is 18.1 Å². The van der Waals surface area contributed by atoms with Crippen LogP contribution in [-0.2, 0) is 10.0 Å². The zero-order chi connectivity index (χ0) is 18.6. The molecule has 0 aliphatic carbocycles. The molecule has 0 aromatic heterocycles. The van der Waals surface area contributed by atoms with E-state index in [1.165, 1.54) is 12.1 Å². The second-order valence-electron chi connectivity index (χ2n) is 5.36. The molecule has 2 aromatic rings. The number of ether oxygens (including phenoxy) is 1. The molecular weight excluding hydrogens is 368 g/mol. The fourth-order valence-corrected chi connectivity index (χ4v) is 3.68. The minimum Gasteiger partial charge on any atom is -0.492 e. The van der Waals surface area contributed by atoms with Gasteiger partial charge in [-0.05, 0) is 43.2 Å². The molecule has 0 saturated carbocycles. The number of halogens is 1. The molecule has 0 aliphatic rings. The molecule has 2 aromatic carbocycles. The molecule has 0 radical (unpaired) electrons. The Balaban J connectivity index is 2.02. The number of rotatable bonds is 7. The molecule has 25 heavy (non-hydrogen) atoms. The molecule has 0 unspecified atom stereocenters. The van der Waals surface area contributed by atoms with Crippen LogP contribution in [0.5, 0.6) is 5.75 Å². The van der Waals surface area contributed by atoms with Crippen molar-refractivity contribution in [1.82, 2.24) is 4.72 Å². The Morgan fingerprint density at radius 1 is 1.16 bits per heavy atom. The maximum atomic E-state index is 12.3. The third-order valence-corrected chi connectivity index (χ3v) is 5.30. The van der Waals surface area contributed by atoms with Crippen molar-refractivity contribution in [2.24, 2.45) is 0 Å². The lowest BCUT2D eigenvalue weighted by Crippen LogP contribution is -2.29. The Morgan fingerprint density at radius 2 is 1.88 bits per heavy atom. The summed E-state index contributed by atoms with van der Waals surface area (Å²) in [4.78, 5) is 10.1. The van der Waals surface area contributed by atoms with Crippen LogP contribution in [0.25, 0.3) is 0 Å². The Morgan fingerprint density at radius 3 is 2.52 bits per heavy atom. The summed E-state index contributed by atoms with van der Waals surface area (Å²) in [5.74, 6) is 0.607. The van der Waals surface area contributed by atoms with Gasteiger partial charge in [-0.2, -0.15) is 0 Å². The first-order chi connectivity index (χ1) is 11.7. The van der Waals surface area contributed by atoms with Crippen molar-refractivity contribution in [2.45, 2.75) is 18.7 Å². The van der Waals surface area contributed by atoms with E-state index in [4.69, 9.17) is 16.3 Å². The topological polar surface area (TPSA) is 98.5 Å². The lowest BCUT2D eigenvalue weighted by atomic mass is 10.2. The molecule has 0 bridgehead atoms. The first-order valence-corrected chi connectivity index (χ1v) is 9.20. The molecule has 0 atom stereocenters. The van der Waals surface area contributed by atoms with Crippen molar-refractivity contribution in [2.75, 3.05) is 13.2 Å². The van der Waals surface area contributed by atoms with Gasteiger partial charge in [0.05, 0.1) is 9.82 Å². The summed E-state index contributed by atoms with van der Waals surface area (Å²) in [5, 5.41) is 11.4. The number of nitro benzene ring substituents is 1. The van der Waals surface area contributed by atoms with Gasteiger partial charge in [0, 0.05) is 23.7 Å². The Kier molecular flexibility index (Phi) is 5.99.